The first-order chi connectivity index (χ1) is 24.8. The van der Waals surface area contributed by atoms with Gasteiger partial charge in [0, 0.05) is 38.5 Å². The fourth-order valence-electron chi connectivity index (χ4n) is 7.35. The maximum Gasteiger partial charge on any atom is 0.167 e. The molecule has 0 amide bonds. The predicted octanol–water partition coefficient (Wildman–Crippen LogP) is 10.1. The van der Waals surface area contributed by atoms with E-state index in [1.807, 2.05) is 18.2 Å². The van der Waals surface area contributed by atoms with Gasteiger partial charge < -0.3 is 14.5 Å². The number of aromatic nitrogens is 2. The quantitative estimate of drug-likeness (QED) is 0.187. The Morgan fingerprint density at radius 1 is 0.560 bits per heavy atom. The summed E-state index contributed by atoms with van der Waals surface area (Å²) >= 11 is 0. The largest absolute Gasteiger partial charge is 0.344 e. The van der Waals surface area contributed by atoms with Crippen LogP contribution < -0.4 is 5.32 Å². The highest BCUT2D eigenvalue weighted by Gasteiger charge is 2.23. The minimum absolute atomic E-state index is 0.366. The van der Waals surface area contributed by atoms with Crippen molar-refractivity contribution in [1.29, 1.82) is 0 Å². The summed E-state index contributed by atoms with van der Waals surface area (Å²) in [5.74, 6) is 1.38. The van der Waals surface area contributed by atoms with E-state index in [4.69, 9.17) is 9.98 Å². The van der Waals surface area contributed by atoms with E-state index < -0.39 is 0 Å². The van der Waals surface area contributed by atoms with E-state index in [0.29, 0.717) is 5.84 Å². The summed E-state index contributed by atoms with van der Waals surface area (Å²) in [6.07, 6.45) is 5.41. The summed E-state index contributed by atoms with van der Waals surface area (Å²) in [5.41, 5.74) is 16.0. The molecule has 1 aliphatic carbocycles. The monoisotopic (exact) mass is 639 g/mol. The van der Waals surface area contributed by atoms with Crippen LogP contribution in [0.4, 0.5) is 0 Å². The second-order valence-electron chi connectivity index (χ2n) is 12.6. The minimum atomic E-state index is -0.366. The van der Waals surface area contributed by atoms with Gasteiger partial charge >= 0.3 is 0 Å². The number of amidine groups is 2. The fourth-order valence-corrected chi connectivity index (χ4v) is 7.35. The Morgan fingerprint density at radius 2 is 1.14 bits per heavy atom. The van der Waals surface area contributed by atoms with Gasteiger partial charge in [0.2, 0.25) is 0 Å². The lowest BCUT2D eigenvalue weighted by atomic mass is 10.1. The number of para-hydroxylation sites is 4. The highest BCUT2D eigenvalue weighted by Crippen LogP contribution is 2.35. The lowest BCUT2D eigenvalue weighted by Gasteiger charge is -2.24. The van der Waals surface area contributed by atoms with Crippen LogP contribution in [0.3, 0.4) is 0 Å². The average molecular weight is 640 g/mol. The first-order valence-corrected chi connectivity index (χ1v) is 16.8. The number of hydrogen-bond acceptors (Lipinski definition) is 3. The van der Waals surface area contributed by atoms with Crippen LogP contribution in [0.15, 0.2) is 191 Å². The molecule has 8 aromatic rings. The average Bonchev–Trinajstić information content (AvgIpc) is 3.71. The highest BCUT2D eigenvalue weighted by molar-refractivity contribution is 6.14. The van der Waals surface area contributed by atoms with E-state index in [1.165, 1.54) is 38.1 Å². The second-order valence-corrected chi connectivity index (χ2v) is 12.6. The van der Waals surface area contributed by atoms with E-state index in [9.17, 15) is 0 Å². The SMILES string of the molecule is C1=C=C(C2=NC(c3ccc4c5ccccc5n(-c5ccccc5)c4c3)NC(c3ccc(-n4c5ccccc5c5ccccc54)cc3)=N2)C=CC=1. The number of rotatable bonds is 5. The van der Waals surface area contributed by atoms with Gasteiger partial charge in [-0.15, -0.1) is 0 Å². The maximum atomic E-state index is 5.14. The van der Waals surface area contributed by atoms with Crippen molar-refractivity contribution >= 4 is 55.3 Å². The summed E-state index contributed by atoms with van der Waals surface area (Å²) in [7, 11) is 0. The number of aliphatic imine (C=N–C) groups is 2. The normalized spacial score (nSPS) is 15.4. The van der Waals surface area contributed by atoms with Crippen LogP contribution in [0, 0.1) is 0 Å². The lowest BCUT2D eigenvalue weighted by Crippen LogP contribution is -2.33. The Bertz CT molecular complexity index is 2800. The molecule has 1 atom stereocenters. The maximum absolute atomic E-state index is 5.14. The molecule has 1 unspecified atom stereocenters. The molecule has 234 valence electrons. The Morgan fingerprint density at radius 3 is 1.78 bits per heavy atom. The molecule has 0 radical (unpaired) electrons. The first kappa shape index (κ1) is 28.1. The zero-order chi connectivity index (χ0) is 33.0. The number of nitrogens with zero attached hydrogens (tertiary/aromatic N) is 4. The van der Waals surface area contributed by atoms with Gasteiger partial charge in [0.25, 0.3) is 0 Å². The molecule has 10 rings (SSSR count). The van der Waals surface area contributed by atoms with Crippen LogP contribution in [0.2, 0.25) is 0 Å². The summed E-state index contributed by atoms with van der Waals surface area (Å²) in [6, 6.07) is 51.6. The molecule has 6 aromatic carbocycles. The highest BCUT2D eigenvalue weighted by atomic mass is 15.2. The molecule has 0 spiro atoms. The Labute approximate surface area is 288 Å². The van der Waals surface area contributed by atoms with E-state index in [1.54, 1.807) is 0 Å². The van der Waals surface area contributed by atoms with Crippen LogP contribution in [0.25, 0.3) is 55.0 Å². The number of nitrogens with one attached hydrogen (secondary N) is 1. The molecule has 0 saturated carbocycles. The Kier molecular flexibility index (Phi) is 6.40. The van der Waals surface area contributed by atoms with E-state index in [2.05, 4.69) is 172 Å². The van der Waals surface area contributed by atoms with Crippen molar-refractivity contribution in [2.75, 3.05) is 0 Å². The van der Waals surface area contributed by atoms with Crippen LogP contribution in [-0.2, 0) is 0 Å². The van der Waals surface area contributed by atoms with Gasteiger partial charge in [-0.3, -0.25) is 0 Å². The summed E-state index contributed by atoms with van der Waals surface area (Å²) in [4.78, 5) is 10.2. The minimum Gasteiger partial charge on any atom is -0.344 e. The number of benzene rings is 6. The van der Waals surface area contributed by atoms with Crippen molar-refractivity contribution in [2.24, 2.45) is 9.98 Å². The van der Waals surface area contributed by atoms with Crippen molar-refractivity contribution in [3.63, 3.8) is 0 Å². The molecule has 5 heteroatoms. The van der Waals surface area contributed by atoms with Crippen LogP contribution in [0.5, 0.6) is 0 Å². The van der Waals surface area contributed by atoms with Gasteiger partial charge in [0.05, 0.1) is 27.6 Å². The summed E-state index contributed by atoms with van der Waals surface area (Å²) in [5, 5.41) is 8.59. The van der Waals surface area contributed by atoms with Gasteiger partial charge in [-0.1, -0.05) is 102 Å². The van der Waals surface area contributed by atoms with E-state index in [0.717, 1.165) is 39.4 Å². The lowest BCUT2D eigenvalue weighted by molar-refractivity contribution is 0.675. The van der Waals surface area contributed by atoms with Gasteiger partial charge in [-0.05, 0) is 78.4 Å². The molecule has 2 aliphatic rings. The van der Waals surface area contributed by atoms with Gasteiger partial charge in [0.15, 0.2) is 5.84 Å². The van der Waals surface area contributed by atoms with Crippen LogP contribution in [0.1, 0.15) is 17.3 Å². The number of fused-ring (bicyclic) bond motifs is 6. The Balaban J connectivity index is 1.08. The molecule has 0 bridgehead atoms. The molecule has 1 N–H and O–H groups in total. The van der Waals surface area contributed by atoms with Crippen molar-refractivity contribution in [1.82, 2.24) is 14.5 Å². The molecule has 1 aliphatic heterocycles. The number of hydrogen-bond donors (Lipinski definition) is 1. The summed E-state index contributed by atoms with van der Waals surface area (Å²) in [6.45, 7) is 0. The van der Waals surface area contributed by atoms with Crippen molar-refractivity contribution < 1.29 is 0 Å². The smallest absolute Gasteiger partial charge is 0.167 e. The third kappa shape index (κ3) is 4.51. The molecule has 3 heterocycles. The Hall–Kier alpha value is -6.90. The zero-order valence-corrected chi connectivity index (χ0v) is 27.0. The van der Waals surface area contributed by atoms with Crippen LogP contribution in [-0.4, -0.2) is 20.8 Å². The third-order valence-electron chi connectivity index (χ3n) is 9.64. The second kappa shape index (κ2) is 11.4. The van der Waals surface area contributed by atoms with Gasteiger partial charge in [0.1, 0.15) is 12.0 Å². The van der Waals surface area contributed by atoms with Crippen LogP contribution >= 0.6 is 0 Å². The molecule has 50 heavy (non-hydrogen) atoms. The van der Waals surface area contributed by atoms with Crippen molar-refractivity contribution in [3.8, 4) is 11.4 Å². The molecular weight excluding hydrogens is 611 g/mol. The van der Waals surface area contributed by atoms with E-state index >= 15 is 0 Å². The zero-order valence-electron chi connectivity index (χ0n) is 27.0. The molecule has 0 saturated heterocycles. The van der Waals surface area contributed by atoms with Crippen molar-refractivity contribution in [3.05, 3.63) is 192 Å². The molecule has 0 fully saturated rings. The van der Waals surface area contributed by atoms with Gasteiger partial charge in [-0.2, -0.15) is 0 Å². The molecule has 5 nitrogen and oxygen atoms in total. The molecular formula is C45H29N5. The van der Waals surface area contributed by atoms with Crippen molar-refractivity contribution in [2.45, 2.75) is 6.17 Å². The summed E-state index contributed by atoms with van der Waals surface area (Å²) < 4.78 is 4.67. The van der Waals surface area contributed by atoms with E-state index in [-0.39, 0.29) is 6.17 Å². The standard InChI is InChI=1S/C45H29N5/c1-3-13-30(14-4-1)43-46-44(31-23-26-34(27-24-31)49-39-20-10-7-17-35(39)36-18-8-11-21-40(36)49)48-45(47-43)32-25-28-38-37-19-9-12-22-41(37)50(42(38)29-32)33-15-5-2-6-16-33/h1-3,5-13,15-29,45H,(H,46,47,48). The topological polar surface area (TPSA) is 46.6 Å². The van der Waals surface area contributed by atoms with Gasteiger partial charge in [-0.25, -0.2) is 9.98 Å². The molecule has 2 aromatic heterocycles. The third-order valence-corrected chi connectivity index (χ3v) is 9.64. The number of allylic oxidation sites excluding steroid dienone is 2. The predicted molar refractivity (Wildman–Crippen MR) is 206 cm³/mol. The first-order valence-electron chi connectivity index (χ1n) is 16.8. The fraction of sp³-hybridized carbons (Fsp3) is 0.0222.